The molecule has 1 heterocycles. The summed E-state index contributed by atoms with van der Waals surface area (Å²) >= 11 is 0. The first-order valence-electron chi connectivity index (χ1n) is 8.42. The molecule has 0 aromatic carbocycles. The molecule has 0 aromatic rings. The lowest BCUT2D eigenvalue weighted by Gasteiger charge is -2.26. The maximum Gasteiger partial charge on any atom is 0.324 e. The Labute approximate surface area is 162 Å². The summed E-state index contributed by atoms with van der Waals surface area (Å²) in [5, 5.41) is 8.97. The maximum absolute atomic E-state index is 11.5. The van der Waals surface area contributed by atoms with Crippen LogP contribution in [-0.2, 0) is 4.79 Å². The molecule has 3 N–H and O–H groups in total. The summed E-state index contributed by atoms with van der Waals surface area (Å²) < 4.78 is 0. The van der Waals surface area contributed by atoms with Crippen molar-refractivity contribution in [2.45, 2.75) is 46.5 Å². The number of nitrogens with zero attached hydrogens (tertiary/aromatic N) is 2. The topological polar surface area (TPSA) is 85.8 Å². The van der Waals surface area contributed by atoms with E-state index in [4.69, 9.17) is 0 Å². The molecule has 0 spiro atoms. The minimum absolute atomic E-state index is 0. The highest BCUT2D eigenvalue weighted by atomic mass is 127. The third-order valence-corrected chi connectivity index (χ3v) is 3.98. The molecule has 1 fully saturated rings. The van der Waals surface area contributed by atoms with E-state index in [9.17, 15) is 9.59 Å². The second-order valence-electron chi connectivity index (χ2n) is 6.68. The number of unbranched alkanes of at least 4 members (excludes halogenated alkanes) is 2. The summed E-state index contributed by atoms with van der Waals surface area (Å²) in [6.07, 6.45) is 4.91. The van der Waals surface area contributed by atoms with Gasteiger partial charge in [-0.15, -0.1) is 24.0 Å². The summed E-state index contributed by atoms with van der Waals surface area (Å²) in [7, 11) is 1.72. The zero-order chi connectivity index (χ0) is 17.3. The number of halogens is 1. The standard InChI is InChI=1S/C16H31N5O2.HI/c1-5-6-7-8-16(2,3)12-20-14(17-4)18-9-10-21-13(22)11-19-15(21)23;/h5-12H2,1-4H3,(H,19,23)(H2,17,18,20);1H. The van der Waals surface area contributed by atoms with Crippen LogP contribution in [0.5, 0.6) is 0 Å². The van der Waals surface area contributed by atoms with Crippen LogP contribution in [0.3, 0.4) is 0 Å². The van der Waals surface area contributed by atoms with E-state index in [1.165, 1.54) is 30.6 Å². The lowest BCUT2D eigenvalue weighted by molar-refractivity contribution is -0.124. The Balaban J connectivity index is 0.00000529. The third-order valence-electron chi connectivity index (χ3n) is 3.98. The lowest BCUT2D eigenvalue weighted by atomic mass is 9.87. The number of guanidine groups is 1. The van der Waals surface area contributed by atoms with Crippen LogP contribution >= 0.6 is 24.0 Å². The number of rotatable bonds is 9. The molecule has 0 unspecified atom stereocenters. The van der Waals surface area contributed by atoms with Crippen LogP contribution < -0.4 is 16.0 Å². The number of carbonyl (C=O) groups is 2. The number of urea groups is 1. The van der Waals surface area contributed by atoms with E-state index >= 15 is 0 Å². The second-order valence-corrected chi connectivity index (χ2v) is 6.68. The first-order valence-corrected chi connectivity index (χ1v) is 8.42. The maximum atomic E-state index is 11.5. The van der Waals surface area contributed by atoms with Gasteiger partial charge in [-0.2, -0.15) is 0 Å². The van der Waals surface area contributed by atoms with Crippen molar-refractivity contribution in [2.75, 3.05) is 33.2 Å². The van der Waals surface area contributed by atoms with Gasteiger partial charge < -0.3 is 16.0 Å². The molecule has 0 aromatic heterocycles. The summed E-state index contributed by atoms with van der Waals surface area (Å²) in [6, 6.07) is -0.322. The molecule has 140 valence electrons. The van der Waals surface area contributed by atoms with Crippen LogP contribution in [0.2, 0.25) is 0 Å². The van der Waals surface area contributed by atoms with Crippen molar-refractivity contribution in [3.63, 3.8) is 0 Å². The SMILES string of the molecule is CCCCCC(C)(C)CNC(=NC)NCCN1C(=O)CNC1=O.I. The van der Waals surface area contributed by atoms with Crippen molar-refractivity contribution < 1.29 is 9.59 Å². The van der Waals surface area contributed by atoms with E-state index in [-0.39, 0.29) is 47.9 Å². The molecule has 1 saturated heterocycles. The first kappa shape index (κ1) is 22.9. The van der Waals surface area contributed by atoms with Crippen LogP contribution in [0.25, 0.3) is 0 Å². The van der Waals surface area contributed by atoms with Gasteiger partial charge in [-0.25, -0.2) is 4.79 Å². The Kier molecular flexibility index (Phi) is 11.0. The molecule has 0 saturated carbocycles. The quantitative estimate of drug-likeness (QED) is 0.164. The minimum Gasteiger partial charge on any atom is -0.356 e. The van der Waals surface area contributed by atoms with Gasteiger partial charge in [-0.05, 0) is 11.8 Å². The monoisotopic (exact) mass is 453 g/mol. The van der Waals surface area contributed by atoms with Crippen LogP contribution in [-0.4, -0.2) is 56.0 Å². The third kappa shape index (κ3) is 8.16. The largest absolute Gasteiger partial charge is 0.356 e. The summed E-state index contributed by atoms with van der Waals surface area (Å²) in [4.78, 5) is 28.3. The smallest absolute Gasteiger partial charge is 0.324 e. The van der Waals surface area contributed by atoms with E-state index < -0.39 is 0 Å². The zero-order valence-electron chi connectivity index (χ0n) is 15.3. The molecular formula is C16H32IN5O2. The van der Waals surface area contributed by atoms with Crippen molar-refractivity contribution in [1.29, 1.82) is 0 Å². The molecule has 8 heteroatoms. The Morgan fingerprint density at radius 3 is 2.54 bits per heavy atom. The van der Waals surface area contributed by atoms with E-state index in [0.717, 1.165) is 6.54 Å². The molecule has 1 rings (SSSR count). The Morgan fingerprint density at radius 2 is 2.00 bits per heavy atom. The molecule has 0 radical (unpaired) electrons. The van der Waals surface area contributed by atoms with Crippen LogP contribution in [0, 0.1) is 5.41 Å². The molecule has 24 heavy (non-hydrogen) atoms. The van der Waals surface area contributed by atoms with E-state index in [0.29, 0.717) is 19.0 Å². The van der Waals surface area contributed by atoms with Crippen LogP contribution in [0.15, 0.2) is 4.99 Å². The van der Waals surface area contributed by atoms with Gasteiger partial charge in [0, 0.05) is 26.7 Å². The van der Waals surface area contributed by atoms with Gasteiger partial charge in [0.05, 0.1) is 6.54 Å². The summed E-state index contributed by atoms with van der Waals surface area (Å²) in [6.45, 7) is 8.45. The number of hydrogen-bond donors (Lipinski definition) is 3. The van der Waals surface area contributed by atoms with Gasteiger partial charge in [-0.1, -0.05) is 40.0 Å². The number of amides is 3. The lowest BCUT2D eigenvalue weighted by Crippen LogP contribution is -2.45. The fourth-order valence-electron chi connectivity index (χ4n) is 2.45. The first-order chi connectivity index (χ1) is 10.9. The number of aliphatic imine (C=N–C) groups is 1. The molecular weight excluding hydrogens is 421 g/mol. The summed E-state index contributed by atoms with van der Waals surface area (Å²) in [5.74, 6) is 0.512. The highest BCUT2D eigenvalue weighted by Gasteiger charge is 2.27. The number of carbonyl (C=O) groups excluding carboxylic acids is 2. The van der Waals surface area contributed by atoms with Crippen molar-refractivity contribution in [2.24, 2.45) is 10.4 Å². The van der Waals surface area contributed by atoms with Gasteiger partial charge >= 0.3 is 6.03 Å². The normalized spacial score (nSPS) is 15.2. The van der Waals surface area contributed by atoms with E-state index in [2.05, 4.69) is 41.7 Å². The van der Waals surface area contributed by atoms with Crippen molar-refractivity contribution in [3.8, 4) is 0 Å². The molecule has 7 nitrogen and oxygen atoms in total. The number of hydrogen-bond acceptors (Lipinski definition) is 3. The average Bonchev–Trinajstić information content (AvgIpc) is 2.82. The average molecular weight is 453 g/mol. The van der Waals surface area contributed by atoms with Gasteiger partial charge in [0.25, 0.3) is 0 Å². The predicted molar refractivity (Wildman–Crippen MR) is 108 cm³/mol. The van der Waals surface area contributed by atoms with E-state index in [1.54, 1.807) is 7.05 Å². The Hall–Kier alpha value is -1.06. The number of imide groups is 1. The fraction of sp³-hybridized carbons (Fsp3) is 0.812. The Morgan fingerprint density at radius 1 is 1.29 bits per heavy atom. The van der Waals surface area contributed by atoms with Crippen LogP contribution in [0.1, 0.15) is 46.5 Å². The Bertz CT molecular complexity index is 424. The van der Waals surface area contributed by atoms with E-state index in [1.807, 2.05) is 0 Å². The highest BCUT2D eigenvalue weighted by Crippen LogP contribution is 2.22. The van der Waals surface area contributed by atoms with Crippen molar-refractivity contribution in [3.05, 3.63) is 0 Å². The molecule has 0 aliphatic carbocycles. The second kappa shape index (κ2) is 11.5. The number of nitrogens with one attached hydrogen (secondary N) is 3. The molecule has 3 amide bonds. The summed E-state index contributed by atoms with van der Waals surface area (Å²) in [5.41, 5.74) is 0.206. The molecule has 1 aliphatic rings. The van der Waals surface area contributed by atoms with Crippen LogP contribution in [0.4, 0.5) is 4.79 Å². The molecule has 1 aliphatic heterocycles. The zero-order valence-corrected chi connectivity index (χ0v) is 17.6. The fourth-order valence-corrected chi connectivity index (χ4v) is 2.45. The molecule has 0 atom stereocenters. The van der Waals surface area contributed by atoms with Gasteiger partial charge in [0.1, 0.15) is 0 Å². The predicted octanol–water partition coefficient (Wildman–Crippen LogP) is 1.93. The van der Waals surface area contributed by atoms with Crippen molar-refractivity contribution >= 4 is 41.9 Å². The molecule has 0 bridgehead atoms. The van der Waals surface area contributed by atoms with Crippen molar-refractivity contribution in [1.82, 2.24) is 20.9 Å². The van der Waals surface area contributed by atoms with Gasteiger partial charge in [0.2, 0.25) is 5.91 Å². The van der Waals surface area contributed by atoms with Gasteiger partial charge in [-0.3, -0.25) is 14.7 Å². The highest BCUT2D eigenvalue weighted by molar-refractivity contribution is 14.0. The minimum atomic E-state index is -0.322. The van der Waals surface area contributed by atoms with Gasteiger partial charge in [0.15, 0.2) is 5.96 Å².